The van der Waals surface area contributed by atoms with E-state index in [1.54, 1.807) is 13.1 Å². The van der Waals surface area contributed by atoms with Crippen LogP contribution in [0.25, 0.3) is 0 Å². The van der Waals surface area contributed by atoms with Gasteiger partial charge in [0.15, 0.2) is 5.96 Å². The maximum Gasteiger partial charge on any atom is 0.416 e. The third-order valence-corrected chi connectivity index (χ3v) is 4.22. The van der Waals surface area contributed by atoms with E-state index in [1.807, 2.05) is 25.1 Å². The second-order valence-corrected chi connectivity index (χ2v) is 6.52. The van der Waals surface area contributed by atoms with Gasteiger partial charge < -0.3 is 16.0 Å². The number of amides is 1. The highest BCUT2D eigenvalue weighted by atomic mass is 127. The lowest BCUT2D eigenvalue weighted by atomic mass is 10.1. The average molecular weight is 558 g/mol. The molecule has 0 aliphatic heterocycles. The SMILES string of the molecule is CCNC(=NCCc1cccc(C(=O)NC)c1)NCC#Cc1ccc(C(F)(F)F)cc1.I. The van der Waals surface area contributed by atoms with Crippen molar-refractivity contribution >= 4 is 35.8 Å². The van der Waals surface area contributed by atoms with Crippen LogP contribution < -0.4 is 16.0 Å². The van der Waals surface area contributed by atoms with Crippen LogP contribution in [-0.2, 0) is 12.6 Å². The zero-order valence-electron chi connectivity index (χ0n) is 17.8. The number of halogens is 4. The molecule has 0 aliphatic rings. The molecule has 5 nitrogen and oxygen atoms in total. The molecular formula is C23H26F3IN4O. The van der Waals surface area contributed by atoms with Crippen LogP contribution >= 0.6 is 24.0 Å². The van der Waals surface area contributed by atoms with Gasteiger partial charge in [0.2, 0.25) is 0 Å². The molecule has 9 heteroatoms. The minimum Gasteiger partial charge on any atom is -0.357 e. The fourth-order valence-electron chi connectivity index (χ4n) is 2.67. The molecule has 0 bridgehead atoms. The van der Waals surface area contributed by atoms with E-state index < -0.39 is 11.7 Å². The monoisotopic (exact) mass is 558 g/mol. The molecule has 0 spiro atoms. The number of benzene rings is 2. The van der Waals surface area contributed by atoms with Gasteiger partial charge in [-0.05, 0) is 55.3 Å². The summed E-state index contributed by atoms with van der Waals surface area (Å²) in [4.78, 5) is 16.2. The van der Waals surface area contributed by atoms with Crippen LogP contribution in [0.1, 0.15) is 34.0 Å². The van der Waals surface area contributed by atoms with Crippen molar-refractivity contribution in [2.45, 2.75) is 19.5 Å². The molecular weight excluding hydrogens is 532 g/mol. The van der Waals surface area contributed by atoms with E-state index in [4.69, 9.17) is 0 Å². The number of aliphatic imine (C=N–C) groups is 1. The van der Waals surface area contributed by atoms with Gasteiger partial charge in [0, 0.05) is 31.3 Å². The first-order valence-corrected chi connectivity index (χ1v) is 9.82. The number of rotatable bonds is 6. The van der Waals surface area contributed by atoms with Gasteiger partial charge in [-0.3, -0.25) is 9.79 Å². The molecule has 0 unspecified atom stereocenters. The molecule has 2 aromatic rings. The van der Waals surface area contributed by atoms with E-state index in [2.05, 4.69) is 32.8 Å². The number of hydrogen-bond donors (Lipinski definition) is 3. The van der Waals surface area contributed by atoms with E-state index in [0.29, 0.717) is 43.1 Å². The minimum atomic E-state index is -4.35. The number of carbonyl (C=O) groups excluding carboxylic acids is 1. The maximum atomic E-state index is 12.6. The van der Waals surface area contributed by atoms with Crippen LogP contribution in [0.2, 0.25) is 0 Å². The lowest BCUT2D eigenvalue weighted by molar-refractivity contribution is -0.137. The van der Waals surface area contributed by atoms with Crippen LogP contribution in [0.15, 0.2) is 53.5 Å². The Balaban J connectivity index is 0.00000512. The highest BCUT2D eigenvalue weighted by Crippen LogP contribution is 2.28. The zero-order valence-corrected chi connectivity index (χ0v) is 20.2. The number of carbonyl (C=O) groups is 1. The Kier molecular flexibility index (Phi) is 11.6. The van der Waals surface area contributed by atoms with Crippen LogP contribution in [-0.4, -0.2) is 38.5 Å². The van der Waals surface area contributed by atoms with Gasteiger partial charge in [0.1, 0.15) is 0 Å². The van der Waals surface area contributed by atoms with Crippen LogP contribution in [0, 0.1) is 11.8 Å². The highest BCUT2D eigenvalue weighted by Gasteiger charge is 2.29. The molecule has 0 atom stereocenters. The van der Waals surface area contributed by atoms with Gasteiger partial charge >= 0.3 is 6.18 Å². The molecule has 2 rings (SSSR count). The first kappa shape index (κ1) is 27.3. The van der Waals surface area contributed by atoms with Crippen LogP contribution in [0.4, 0.5) is 13.2 Å². The third-order valence-electron chi connectivity index (χ3n) is 4.22. The summed E-state index contributed by atoms with van der Waals surface area (Å²) in [6.45, 7) is 3.42. The summed E-state index contributed by atoms with van der Waals surface area (Å²) in [6.07, 6.45) is -3.69. The van der Waals surface area contributed by atoms with Crippen molar-refractivity contribution in [2.24, 2.45) is 4.99 Å². The smallest absolute Gasteiger partial charge is 0.357 e. The molecule has 0 saturated heterocycles. The Morgan fingerprint density at radius 1 is 1.09 bits per heavy atom. The lowest BCUT2D eigenvalue weighted by Crippen LogP contribution is -2.37. The van der Waals surface area contributed by atoms with Gasteiger partial charge in [-0.2, -0.15) is 13.2 Å². The summed E-state index contributed by atoms with van der Waals surface area (Å²) in [5.74, 6) is 6.16. The first-order chi connectivity index (χ1) is 14.8. The van der Waals surface area contributed by atoms with Gasteiger partial charge in [0.05, 0.1) is 12.1 Å². The van der Waals surface area contributed by atoms with E-state index in [0.717, 1.165) is 17.7 Å². The Hall–Kier alpha value is -2.74. The predicted octanol–water partition coefficient (Wildman–Crippen LogP) is 3.83. The zero-order chi connectivity index (χ0) is 22.7. The van der Waals surface area contributed by atoms with E-state index in [-0.39, 0.29) is 29.9 Å². The molecule has 3 N–H and O–H groups in total. The molecule has 1 amide bonds. The van der Waals surface area contributed by atoms with Crippen molar-refractivity contribution in [2.75, 3.05) is 26.7 Å². The molecule has 0 aromatic heterocycles. The lowest BCUT2D eigenvalue weighted by Gasteiger charge is -2.09. The van der Waals surface area contributed by atoms with Crippen molar-refractivity contribution in [3.63, 3.8) is 0 Å². The largest absolute Gasteiger partial charge is 0.416 e. The van der Waals surface area contributed by atoms with Crippen LogP contribution in [0.3, 0.4) is 0 Å². The van der Waals surface area contributed by atoms with Crippen molar-refractivity contribution in [3.8, 4) is 11.8 Å². The summed E-state index contributed by atoms with van der Waals surface area (Å²) in [7, 11) is 1.59. The standard InChI is InChI=1S/C23H25F3N4O.HI/c1-3-28-22(30-15-13-18-6-4-8-19(16-18)21(31)27-2)29-14-5-7-17-9-11-20(12-10-17)23(24,25)26;/h4,6,8-12,16H,3,13-15H2,1-2H3,(H,27,31)(H2,28,29,30);1H. The Morgan fingerprint density at radius 3 is 2.44 bits per heavy atom. The number of guanidine groups is 1. The quantitative estimate of drug-likeness (QED) is 0.219. The second-order valence-electron chi connectivity index (χ2n) is 6.52. The number of hydrogen-bond acceptors (Lipinski definition) is 2. The van der Waals surface area contributed by atoms with E-state index in [9.17, 15) is 18.0 Å². The number of alkyl halides is 3. The third kappa shape index (κ3) is 9.18. The molecule has 0 heterocycles. The second kappa shape index (κ2) is 13.6. The van der Waals surface area contributed by atoms with Gasteiger partial charge in [-0.15, -0.1) is 24.0 Å². The fourth-order valence-corrected chi connectivity index (χ4v) is 2.67. The molecule has 172 valence electrons. The minimum absolute atomic E-state index is 0. The summed E-state index contributed by atoms with van der Waals surface area (Å²) in [5.41, 5.74) is 1.42. The van der Waals surface area contributed by atoms with Crippen molar-refractivity contribution in [1.29, 1.82) is 0 Å². The molecule has 0 radical (unpaired) electrons. The molecule has 0 aliphatic carbocycles. The first-order valence-electron chi connectivity index (χ1n) is 9.82. The average Bonchev–Trinajstić information content (AvgIpc) is 2.76. The van der Waals surface area contributed by atoms with E-state index in [1.165, 1.54) is 12.1 Å². The summed E-state index contributed by atoms with van der Waals surface area (Å²) in [6, 6.07) is 12.1. The number of nitrogens with zero attached hydrogens (tertiary/aromatic N) is 1. The molecule has 2 aromatic carbocycles. The fraction of sp³-hybridized carbons (Fsp3) is 0.304. The Morgan fingerprint density at radius 2 is 1.81 bits per heavy atom. The summed E-state index contributed by atoms with van der Waals surface area (Å²) in [5, 5.41) is 8.79. The van der Waals surface area contributed by atoms with Crippen molar-refractivity contribution in [1.82, 2.24) is 16.0 Å². The van der Waals surface area contributed by atoms with Gasteiger partial charge in [0.25, 0.3) is 5.91 Å². The summed E-state index contributed by atoms with van der Waals surface area (Å²) >= 11 is 0. The van der Waals surface area contributed by atoms with Gasteiger partial charge in [-0.25, -0.2) is 0 Å². The normalized spacial score (nSPS) is 11.0. The van der Waals surface area contributed by atoms with Gasteiger partial charge in [-0.1, -0.05) is 24.0 Å². The summed E-state index contributed by atoms with van der Waals surface area (Å²) < 4.78 is 37.8. The highest BCUT2D eigenvalue weighted by molar-refractivity contribution is 14.0. The van der Waals surface area contributed by atoms with Crippen molar-refractivity contribution < 1.29 is 18.0 Å². The topological polar surface area (TPSA) is 65.5 Å². The Labute approximate surface area is 203 Å². The predicted molar refractivity (Wildman–Crippen MR) is 131 cm³/mol. The van der Waals surface area contributed by atoms with Crippen LogP contribution in [0.5, 0.6) is 0 Å². The molecule has 32 heavy (non-hydrogen) atoms. The van der Waals surface area contributed by atoms with E-state index >= 15 is 0 Å². The maximum absolute atomic E-state index is 12.6. The Bertz CT molecular complexity index is 964. The molecule has 0 fully saturated rings. The molecule has 0 saturated carbocycles. The number of nitrogens with one attached hydrogen (secondary N) is 3. The van der Waals surface area contributed by atoms with Crippen molar-refractivity contribution in [3.05, 3.63) is 70.8 Å².